The molecule has 0 radical (unpaired) electrons. The second-order valence-electron chi connectivity index (χ2n) is 5.97. The number of hydrogen-bond acceptors (Lipinski definition) is 2. The summed E-state index contributed by atoms with van der Waals surface area (Å²) in [6.07, 6.45) is 4.28. The fourth-order valence-corrected chi connectivity index (χ4v) is 1.44. The highest BCUT2D eigenvalue weighted by Gasteiger charge is 2.23. The zero-order valence-corrected chi connectivity index (χ0v) is 12.8. The van der Waals surface area contributed by atoms with E-state index in [-0.39, 0.29) is 5.60 Å². The van der Waals surface area contributed by atoms with Gasteiger partial charge in [0.05, 0.1) is 12.2 Å². The Morgan fingerprint density at radius 2 is 1.53 bits per heavy atom. The minimum atomic E-state index is -0.00757. The van der Waals surface area contributed by atoms with Crippen LogP contribution >= 0.6 is 0 Å². The normalized spacial score (nSPS) is 15.9. The predicted octanol–water partition coefficient (Wildman–Crippen LogP) is 4.42. The third kappa shape index (κ3) is 7.77. The van der Waals surface area contributed by atoms with Crippen molar-refractivity contribution in [2.75, 3.05) is 19.8 Å². The van der Waals surface area contributed by atoms with E-state index in [1.165, 1.54) is 0 Å². The van der Waals surface area contributed by atoms with Gasteiger partial charge in [0.15, 0.2) is 0 Å². The van der Waals surface area contributed by atoms with Crippen molar-refractivity contribution in [2.24, 2.45) is 5.41 Å². The van der Waals surface area contributed by atoms with Crippen molar-refractivity contribution in [3.63, 3.8) is 0 Å². The van der Waals surface area contributed by atoms with E-state index in [1.54, 1.807) is 0 Å². The maximum atomic E-state index is 5.91. The van der Waals surface area contributed by atoms with E-state index in [2.05, 4.69) is 41.5 Å². The maximum absolute atomic E-state index is 5.91. The lowest BCUT2D eigenvalue weighted by Crippen LogP contribution is -2.30. The molecule has 0 aliphatic rings. The average Bonchev–Trinajstić information content (AvgIpc) is 2.32. The Bertz CT molecular complexity index is 189. The largest absolute Gasteiger partial charge is 0.381 e. The summed E-state index contributed by atoms with van der Waals surface area (Å²) in [7, 11) is 0. The molecule has 0 rings (SSSR count). The first kappa shape index (κ1) is 16.9. The molecule has 17 heavy (non-hydrogen) atoms. The van der Waals surface area contributed by atoms with Gasteiger partial charge in [0.25, 0.3) is 0 Å². The van der Waals surface area contributed by atoms with Crippen LogP contribution in [0.1, 0.15) is 67.2 Å². The van der Waals surface area contributed by atoms with Crippen molar-refractivity contribution >= 4 is 0 Å². The molecule has 0 aromatic carbocycles. The summed E-state index contributed by atoms with van der Waals surface area (Å²) < 4.78 is 11.7. The fourth-order valence-electron chi connectivity index (χ4n) is 1.44. The molecule has 0 fully saturated rings. The van der Waals surface area contributed by atoms with Crippen molar-refractivity contribution in [3.8, 4) is 0 Å². The van der Waals surface area contributed by atoms with Crippen LogP contribution in [0.5, 0.6) is 0 Å². The van der Waals surface area contributed by atoms with E-state index >= 15 is 0 Å². The molecule has 0 N–H and O–H groups in total. The van der Waals surface area contributed by atoms with Crippen LogP contribution in [0.25, 0.3) is 0 Å². The summed E-state index contributed by atoms with van der Waals surface area (Å²) in [5, 5.41) is 0. The molecule has 0 aromatic rings. The predicted molar refractivity (Wildman–Crippen MR) is 74.4 cm³/mol. The van der Waals surface area contributed by atoms with Crippen LogP contribution in [-0.4, -0.2) is 25.4 Å². The Hall–Kier alpha value is -0.0800. The van der Waals surface area contributed by atoms with Crippen LogP contribution in [-0.2, 0) is 9.47 Å². The number of hydrogen-bond donors (Lipinski definition) is 0. The number of ether oxygens (including phenoxy) is 2. The van der Waals surface area contributed by atoms with E-state index in [4.69, 9.17) is 9.47 Å². The summed E-state index contributed by atoms with van der Waals surface area (Å²) in [5.41, 5.74) is 0.291. The molecular formula is C15H32O2. The van der Waals surface area contributed by atoms with Gasteiger partial charge in [-0.1, -0.05) is 34.6 Å². The van der Waals surface area contributed by atoms with Crippen LogP contribution < -0.4 is 0 Å². The van der Waals surface area contributed by atoms with Crippen LogP contribution in [0.15, 0.2) is 0 Å². The first-order chi connectivity index (χ1) is 7.89. The number of rotatable bonds is 10. The molecule has 0 aromatic heterocycles. The zero-order chi connectivity index (χ0) is 13.4. The Balaban J connectivity index is 3.83. The van der Waals surface area contributed by atoms with Crippen LogP contribution in [0.3, 0.4) is 0 Å². The molecule has 0 amide bonds. The summed E-state index contributed by atoms with van der Waals surface area (Å²) in [6, 6.07) is 0. The summed E-state index contributed by atoms with van der Waals surface area (Å²) >= 11 is 0. The van der Waals surface area contributed by atoms with Crippen molar-refractivity contribution in [2.45, 2.75) is 72.8 Å². The van der Waals surface area contributed by atoms with E-state index < -0.39 is 0 Å². The Kier molecular flexibility index (Phi) is 8.06. The third-order valence-corrected chi connectivity index (χ3v) is 3.63. The molecule has 1 atom stereocenters. The monoisotopic (exact) mass is 244 g/mol. The van der Waals surface area contributed by atoms with Gasteiger partial charge in [-0.15, -0.1) is 0 Å². The topological polar surface area (TPSA) is 18.5 Å². The van der Waals surface area contributed by atoms with Gasteiger partial charge in [-0.2, -0.15) is 0 Å². The Labute approximate surface area is 108 Å². The molecule has 2 nitrogen and oxygen atoms in total. The lowest BCUT2D eigenvalue weighted by molar-refractivity contribution is -0.0611. The van der Waals surface area contributed by atoms with Gasteiger partial charge in [-0.3, -0.25) is 0 Å². The minimum Gasteiger partial charge on any atom is -0.381 e. The molecule has 2 heteroatoms. The lowest BCUT2D eigenvalue weighted by atomic mass is 9.92. The Morgan fingerprint density at radius 1 is 0.882 bits per heavy atom. The van der Waals surface area contributed by atoms with Crippen molar-refractivity contribution in [3.05, 3.63) is 0 Å². The maximum Gasteiger partial charge on any atom is 0.0673 e. The molecule has 0 aliphatic carbocycles. The van der Waals surface area contributed by atoms with Crippen LogP contribution in [0.2, 0.25) is 0 Å². The quantitative estimate of drug-likeness (QED) is 0.529. The molecule has 0 saturated carbocycles. The summed E-state index contributed by atoms with van der Waals surface area (Å²) in [4.78, 5) is 0. The molecule has 1 unspecified atom stereocenters. The first-order valence-electron chi connectivity index (χ1n) is 7.11. The minimum absolute atomic E-state index is 0.00757. The second kappa shape index (κ2) is 8.10. The van der Waals surface area contributed by atoms with Gasteiger partial charge in [-0.25, -0.2) is 0 Å². The molecule has 0 saturated heterocycles. The van der Waals surface area contributed by atoms with Gasteiger partial charge >= 0.3 is 0 Å². The van der Waals surface area contributed by atoms with E-state index in [9.17, 15) is 0 Å². The summed E-state index contributed by atoms with van der Waals surface area (Å²) in [6.45, 7) is 15.7. The molecule has 104 valence electrons. The molecule has 0 aliphatic heterocycles. The highest BCUT2D eigenvalue weighted by Crippen LogP contribution is 2.22. The van der Waals surface area contributed by atoms with Crippen LogP contribution in [0.4, 0.5) is 0 Å². The van der Waals surface area contributed by atoms with Crippen molar-refractivity contribution in [1.82, 2.24) is 0 Å². The smallest absolute Gasteiger partial charge is 0.0673 e. The zero-order valence-electron chi connectivity index (χ0n) is 12.8. The van der Waals surface area contributed by atoms with E-state index in [0.29, 0.717) is 5.41 Å². The summed E-state index contributed by atoms with van der Waals surface area (Å²) in [5.74, 6) is 0. The standard InChI is InChI=1S/C15H32O2/c1-7-11-17-15(6,9-3)10-12-16-13-14(4,5)8-2/h7-13H2,1-6H3. The van der Waals surface area contributed by atoms with Gasteiger partial charge < -0.3 is 9.47 Å². The highest BCUT2D eigenvalue weighted by atomic mass is 16.5. The first-order valence-corrected chi connectivity index (χ1v) is 7.11. The Morgan fingerprint density at radius 3 is 2.00 bits per heavy atom. The van der Waals surface area contributed by atoms with Gasteiger partial charge in [0.1, 0.15) is 0 Å². The fraction of sp³-hybridized carbons (Fsp3) is 1.00. The second-order valence-corrected chi connectivity index (χ2v) is 5.97. The molecule has 0 spiro atoms. The van der Waals surface area contributed by atoms with Crippen molar-refractivity contribution < 1.29 is 9.47 Å². The average molecular weight is 244 g/mol. The lowest BCUT2D eigenvalue weighted by Gasteiger charge is -2.29. The van der Waals surface area contributed by atoms with Crippen molar-refractivity contribution in [1.29, 1.82) is 0 Å². The molecule has 0 bridgehead atoms. The van der Waals surface area contributed by atoms with E-state index in [1.807, 2.05) is 0 Å². The van der Waals surface area contributed by atoms with Gasteiger partial charge in [0, 0.05) is 13.2 Å². The van der Waals surface area contributed by atoms with Crippen LogP contribution in [0, 0.1) is 5.41 Å². The van der Waals surface area contributed by atoms with Gasteiger partial charge in [0.2, 0.25) is 0 Å². The molecular weight excluding hydrogens is 212 g/mol. The molecule has 0 heterocycles. The highest BCUT2D eigenvalue weighted by molar-refractivity contribution is 4.73. The van der Waals surface area contributed by atoms with E-state index in [0.717, 1.165) is 45.5 Å². The van der Waals surface area contributed by atoms with Gasteiger partial charge in [-0.05, 0) is 38.0 Å². The third-order valence-electron chi connectivity index (χ3n) is 3.63. The SMILES string of the molecule is CCCOC(C)(CC)CCOCC(C)(C)CC.